The minimum Gasteiger partial charge on any atom is -0.300 e. The van der Waals surface area contributed by atoms with Crippen LogP contribution >= 0.6 is 0 Å². The lowest BCUT2D eigenvalue weighted by Crippen LogP contribution is -1.89. The predicted molar refractivity (Wildman–Crippen MR) is 97.3 cm³/mol. The highest BCUT2D eigenvalue weighted by molar-refractivity contribution is 5.75. The zero-order valence-electron chi connectivity index (χ0n) is 15.7. The van der Waals surface area contributed by atoms with Crippen molar-refractivity contribution in [3.05, 3.63) is 0 Å². The van der Waals surface area contributed by atoms with Gasteiger partial charge in [-0.3, -0.25) is 0 Å². The average Bonchev–Trinajstić information content (AvgIpc) is 2.46. The maximum atomic E-state index is 10.6. The van der Waals surface area contributed by atoms with Gasteiger partial charge in [-0.25, -0.2) is 0 Å². The number of Topliss-reactive ketones (excluding diaryl/α,β-unsaturated/α-hetero) is 2. The van der Waals surface area contributed by atoms with Gasteiger partial charge in [0.2, 0.25) is 0 Å². The lowest BCUT2D eigenvalue weighted by atomic mass is 10.1. The molecular formula is C20H40O2. The molecule has 0 unspecified atom stereocenters. The molecule has 2 heteroatoms. The van der Waals surface area contributed by atoms with Gasteiger partial charge in [0.15, 0.2) is 0 Å². The molecule has 0 amide bonds. The molecular weight excluding hydrogens is 272 g/mol. The van der Waals surface area contributed by atoms with Crippen LogP contribution in [0.3, 0.4) is 0 Å². The molecule has 0 N–H and O–H groups in total. The van der Waals surface area contributed by atoms with Gasteiger partial charge in [0.1, 0.15) is 11.6 Å². The third kappa shape index (κ3) is 27.6. The number of ketones is 2. The Balaban J connectivity index is 0. The van der Waals surface area contributed by atoms with Crippen molar-refractivity contribution in [2.75, 3.05) is 0 Å². The summed E-state index contributed by atoms with van der Waals surface area (Å²) >= 11 is 0. The van der Waals surface area contributed by atoms with Crippen LogP contribution in [0, 0.1) is 0 Å². The summed E-state index contributed by atoms with van der Waals surface area (Å²) in [5.41, 5.74) is 0. The van der Waals surface area contributed by atoms with Crippen LogP contribution < -0.4 is 0 Å². The Kier molecular flexibility index (Phi) is 21.8. The van der Waals surface area contributed by atoms with Crippen molar-refractivity contribution in [3.63, 3.8) is 0 Å². The van der Waals surface area contributed by atoms with Gasteiger partial charge in [0.05, 0.1) is 0 Å². The Bertz CT molecular complexity index is 246. The van der Waals surface area contributed by atoms with Crippen molar-refractivity contribution in [1.29, 1.82) is 0 Å². The van der Waals surface area contributed by atoms with Crippen LogP contribution in [0.25, 0.3) is 0 Å². The Hall–Kier alpha value is -0.660. The smallest absolute Gasteiger partial charge is 0.129 e. The second-order valence-corrected chi connectivity index (χ2v) is 6.44. The Labute approximate surface area is 139 Å². The Morgan fingerprint density at radius 1 is 0.500 bits per heavy atom. The zero-order chi connectivity index (χ0) is 17.1. The predicted octanol–water partition coefficient (Wildman–Crippen LogP) is 6.65. The van der Waals surface area contributed by atoms with Gasteiger partial charge < -0.3 is 9.59 Å². The first kappa shape index (κ1) is 23.6. The van der Waals surface area contributed by atoms with E-state index in [4.69, 9.17) is 0 Å². The van der Waals surface area contributed by atoms with Crippen molar-refractivity contribution in [2.45, 2.75) is 118 Å². The average molecular weight is 313 g/mol. The van der Waals surface area contributed by atoms with Crippen molar-refractivity contribution in [2.24, 2.45) is 0 Å². The summed E-state index contributed by atoms with van der Waals surface area (Å²) in [5.74, 6) is 0.667. The van der Waals surface area contributed by atoms with E-state index in [9.17, 15) is 9.59 Å². The van der Waals surface area contributed by atoms with E-state index in [0.717, 1.165) is 25.7 Å². The number of hydrogen-bond acceptors (Lipinski definition) is 2. The first-order valence-electron chi connectivity index (χ1n) is 9.53. The molecule has 0 fully saturated rings. The molecule has 0 saturated carbocycles. The lowest BCUT2D eigenvalue weighted by Gasteiger charge is -1.98. The maximum absolute atomic E-state index is 10.6. The largest absolute Gasteiger partial charge is 0.300 e. The Morgan fingerprint density at radius 2 is 0.773 bits per heavy atom. The van der Waals surface area contributed by atoms with Gasteiger partial charge in [-0.05, 0) is 26.7 Å². The van der Waals surface area contributed by atoms with Crippen molar-refractivity contribution >= 4 is 11.6 Å². The van der Waals surface area contributed by atoms with E-state index < -0.39 is 0 Å². The minimum atomic E-state index is 0.330. The van der Waals surface area contributed by atoms with E-state index in [0.29, 0.717) is 11.6 Å². The molecule has 0 heterocycles. The van der Waals surface area contributed by atoms with Gasteiger partial charge in [0, 0.05) is 12.8 Å². The van der Waals surface area contributed by atoms with Gasteiger partial charge in [-0.2, -0.15) is 0 Å². The standard InChI is InChI=1S/C11H22O.C9H18O/c1-3-4-5-6-7-8-9-10-11(2)12;1-3-4-5-6-7-8-9(2)10/h3-10H2,1-2H3;3-8H2,1-2H3. The Morgan fingerprint density at radius 3 is 1.05 bits per heavy atom. The van der Waals surface area contributed by atoms with E-state index in [1.165, 1.54) is 64.2 Å². The van der Waals surface area contributed by atoms with E-state index in [-0.39, 0.29) is 0 Å². The summed E-state index contributed by atoms with van der Waals surface area (Å²) in [5, 5.41) is 0. The van der Waals surface area contributed by atoms with Crippen LogP contribution in [0.4, 0.5) is 0 Å². The summed E-state index contributed by atoms with van der Waals surface area (Å²) in [6.45, 7) is 7.78. The molecule has 2 nitrogen and oxygen atoms in total. The lowest BCUT2D eigenvalue weighted by molar-refractivity contribution is -0.117. The molecule has 0 aromatic heterocycles. The molecule has 0 bridgehead atoms. The fraction of sp³-hybridized carbons (Fsp3) is 0.900. The number of hydrogen-bond donors (Lipinski definition) is 0. The van der Waals surface area contributed by atoms with Crippen molar-refractivity contribution in [3.8, 4) is 0 Å². The van der Waals surface area contributed by atoms with Crippen LogP contribution in [0.1, 0.15) is 118 Å². The van der Waals surface area contributed by atoms with E-state index in [1.807, 2.05) is 0 Å². The molecule has 132 valence electrons. The highest BCUT2D eigenvalue weighted by atomic mass is 16.1. The molecule has 0 radical (unpaired) electrons. The fourth-order valence-corrected chi connectivity index (χ4v) is 2.31. The maximum Gasteiger partial charge on any atom is 0.129 e. The van der Waals surface area contributed by atoms with Crippen LogP contribution in [-0.4, -0.2) is 11.6 Å². The quantitative estimate of drug-likeness (QED) is 0.336. The van der Waals surface area contributed by atoms with Crippen LogP contribution in [0.5, 0.6) is 0 Å². The zero-order valence-corrected chi connectivity index (χ0v) is 15.7. The van der Waals surface area contributed by atoms with E-state index >= 15 is 0 Å². The first-order chi connectivity index (χ1) is 10.5. The van der Waals surface area contributed by atoms with Gasteiger partial charge in [0.25, 0.3) is 0 Å². The monoisotopic (exact) mass is 312 g/mol. The highest BCUT2D eigenvalue weighted by Gasteiger charge is 1.93. The number of carbonyl (C=O) groups is 2. The summed E-state index contributed by atoms with van der Waals surface area (Å²) in [6.07, 6.45) is 16.8. The third-order valence-corrected chi connectivity index (χ3v) is 3.76. The molecule has 22 heavy (non-hydrogen) atoms. The van der Waals surface area contributed by atoms with Crippen LogP contribution in [0.2, 0.25) is 0 Å². The molecule has 0 aliphatic rings. The molecule has 0 aliphatic heterocycles. The molecule has 0 aliphatic carbocycles. The van der Waals surface area contributed by atoms with E-state index in [2.05, 4.69) is 13.8 Å². The summed E-state index contributed by atoms with van der Waals surface area (Å²) in [4.78, 5) is 21.1. The molecule has 0 aromatic carbocycles. The molecule has 0 aromatic rings. The topological polar surface area (TPSA) is 34.1 Å². The SMILES string of the molecule is CCCCCCCC(C)=O.CCCCCCCCCC(C)=O. The first-order valence-corrected chi connectivity index (χ1v) is 9.53. The second kappa shape index (κ2) is 20.3. The molecule has 0 saturated heterocycles. The van der Waals surface area contributed by atoms with Gasteiger partial charge >= 0.3 is 0 Å². The van der Waals surface area contributed by atoms with E-state index in [1.54, 1.807) is 13.8 Å². The van der Waals surface area contributed by atoms with Crippen LogP contribution in [-0.2, 0) is 9.59 Å². The number of carbonyl (C=O) groups excluding carboxylic acids is 2. The summed E-state index contributed by atoms with van der Waals surface area (Å²) < 4.78 is 0. The summed E-state index contributed by atoms with van der Waals surface area (Å²) in [7, 11) is 0. The molecule has 0 rings (SSSR count). The fourth-order valence-electron chi connectivity index (χ4n) is 2.31. The van der Waals surface area contributed by atoms with Crippen molar-refractivity contribution in [1.82, 2.24) is 0 Å². The second-order valence-electron chi connectivity index (χ2n) is 6.44. The normalized spacial score (nSPS) is 10.0. The molecule has 0 spiro atoms. The van der Waals surface area contributed by atoms with Crippen molar-refractivity contribution < 1.29 is 9.59 Å². The third-order valence-electron chi connectivity index (χ3n) is 3.76. The van der Waals surface area contributed by atoms with Crippen LogP contribution in [0.15, 0.2) is 0 Å². The minimum absolute atomic E-state index is 0.330. The highest BCUT2D eigenvalue weighted by Crippen LogP contribution is 2.08. The number of rotatable bonds is 14. The summed E-state index contributed by atoms with van der Waals surface area (Å²) in [6, 6.07) is 0. The van der Waals surface area contributed by atoms with Gasteiger partial charge in [-0.1, -0.05) is 78.1 Å². The van der Waals surface area contributed by atoms with Gasteiger partial charge in [-0.15, -0.1) is 0 Å². The molecule has 0 atom stereocenters. The number of unbranched alkanes of at least 4 members (excludes halogenated alkanes) is 10.